The number of carbonyl (C=O) groups excluding carboxylic acids is 1. The average Bonchev–Trinajstić information content (AvgIpc) is 2.64. The predicted octanol–water partition coefficient (Wildman–Crippen LogP) is 5.20. The molecule has 0 aromatic heterocycles. The number of hydrogen-bond acceptors (Lipinski definition) is 3. The van der Waals surface area contributed by atoms with Crippen molar-refractivity contribution >= 4 is 23.1 Å². The first kappa shape index (κ1) is 18.1. The van der Waals surface area contributed by atoms with Crippen LogP contribution in [0.25, 0.3) is 0 Å². The fraction of sp³-hybridized carbons (Fsp3) is 0.381. The molecule has 138 valence electrons. The molecule has 0 aliphatic heterocycles. The minimum atomic E-state index is -0.127. The molecule has 0 heterocycles. The Balaban J connectivity index is 1.58. The summed E-state index contributed by atoms with van der Waals surface area (Å²) in [7, 11) is 1.66. The van der Waals surface area contributed by atoms with Crippen LogP contribution in [-0.2, 0) is 0 Å². The highest BCUT2D eigenvalue weighted by Gasteiger charge is 2.15. The maximum Gasteiger partial charge on any atom is 0.319 e. The minimum Gasteiger partial charge on any atom is -0.495 e. The number of anilines is 3. The van der Waals surface area contributed by atoms with Gasteiger partial charge in [0, 0.05) is 17.4 Å². The van der Waals surface area contributed by atoms with Crippen molar-refractivity contribution in [3.05, 3.63) is 48.0 Å². The number of nitrogens with one attached hydrogen (secondary N) is 3. The summed E-state index contributed by atoms with van der Waals surface area (Å²) in [6.45, 7) is 2.04. The van der Waals surface area contributed by atoms with E-state index in [1.54, 1.807) is 7.11 Å². The molecule has 2 amide bonds. The molecule has 1 aliphatic rings. The molecular formula is C21H27N3O2. The zero-order valence-corrected chi connectivity index (χ0v) is 15.5. The number of rotatable bonds is 5. The van der Waals surface area contributed by atoms with Gasteiger partial charge in [-0.25, -0.2) is 4.79 Å². The maximum atomic E-state index is 12.1. The third kappa shape index (κ3) is 4.91. The number of benzene rings is 2. The SMILES string of the molecule is COc1ccc(C)cc1Nc1ccc(NC(=O)NC2CCCCC2)cc1. The first-order valence-corrected chi connectivity index (χ1v) is 9.23. The quantitative estimate of drug-likeness (QED) is 0.692. The van der Waals surface area contributed by atoms with Gasteiger partial charge in [0.25, 0.3) is 0 Å². The summed E-state index contributed by atoms with van der Waals surface area (Å²) in [6, 6.07) is 13.9. The molecule has 1 aliphatic carbocycles. The molecular weight excluding hydrogens is 326 g/mol. The Bertz CT molecular complexity index is 737. The van der Waals surface area contributed by atoms with Crippen molar-refractivity contribution in [2.75, 3.05) is 17.7 Å². The van der Waals surface area contributed by atoms with Crippen molar-refractivity contribution in [2.45, 2.75) is 45.1 Å². The van der Waals surface area contributed by atoms with Crippen molar-refractivity contribution in [1.82, 2.24) is 5.32 Å². The summed E-state index contributed by atoms with van der Waals surface area (Å²) < 4.78 is 5.39. The van der Waals surface area contributed by atoms with Crippen molar-refractivity contribution in [3.8, 4) is 5.75 Å². The highest BCUT2D eigenvalue weighted by Crippen LogP contribution is 2.29. The largest absolute Gasteiger partial charge is 0.495 e. The van der Waals surface area contributed by atoms with E-state index in [1.807, 2.05) is 49.4 Å². The van der Waals surface area contributed by atoms with E-state index in [9.17, 15) is 4.79 Å². The van der Waals surface area contributed by atoms with Crippen LogP contribution in [0.5, 0.6) is 5.75 Å². The summed E-state index contributed by atoms with van der Waals surface area (Å²) >= 11 is 0. The van der Waals surface area contributed by atoms with Gasteiger partial charge in [0.1, 0.15) is 5.75 Å². The molecule has 0 bridgehead atoms. The monoisotopic (exact) mass is 353 g/mol. The number of amides is 2. The van der Waals surface area contributed by atoms with Crippen LogP contribution in [0.3, 0.4) is 0 Å². The van der Waals surface area contributed by atoms with Crippen molar-refractivity contribution in [1.29, 1.82) is 0 Å². The van der Waals surface area contributed by atoms with E-state index in [0.29, 0.717) is 6.04 Å². The van der Waals surface area contributed by atoms with Gasteiger partial charge in [0.05, 0.1) is 12.8 Å². The van der Waals surface area contributed by atoms with E-state index in [-0.39, 0.29) is 6.03 Å². The molecule has 2 aromatic carbocycles. The van der Waals surface area contributed by atoms with Gasteiger partial charge in [-0.2, -0.15) is 0 Å². The fourth-order valence-electron chi connectivity index (χ4n) is 3.31. The van der Waals surface area contributed by atoms with Crippen molar-refractivity contribution in [3.63, 3.8) is 0 Å². The van der Waals surface area contributed by atoms with Crippen LogP contribution in [0.2, 0.25) is 0 Å². The molecule has 3 N–H and O–H groups in total. The summed E-state index contributed by atoms with van der Waals surface area (Å²) in [5.74, 6) is 0.796. The van der Waals surface area contributed by atoms with Crippen LogP contribution < -0.4 is 20.7 Å². The highest BCUT2D eigenvalue weighted by atomic mass is 16.5. The Labute approximate surface area is 155 Å². The van der Waals surface area contributed by atoms with E-state index < -0.39 is 0 Å². The topological polar surface area (TPSA) is 62.4 Å². The number of hydrogen-bond donors (Lipinski definition) is 3. The molecule has 1 fully saturated rings. The summed E-state index contributed by atoms with van der Waals surface area (Å²) in [5.41, 5.74) is 3.79. The smallest absolute Gasteiger partial charge is 0.319 e. The average molecular weight is 353 g/mol. The molecule has 26 heavy (non-hydrogen) atoms. The summed E-state index contributed by atoms with van der Waals surface area (Å²) in [5, 5.41) is 9.33. The van der Waals surface area contributed by atoms with E-state index in [2.05, 4.69) is 16.0 Å². The standard InChI is InChI=1S/C21H27N3O2/c1-15-8-13-20(26-2)19(14-15)22-17-9-11-18(12-10-17)24-21(25)23-16-6-4-3-5-7-16/h8-14,16,22H,3-7H2,1-2H3,(H2,23,24,25). The number of ether oxygens (including phenoxy) is 1. The fourth-order valence-corrected chi connectivity index (χ4v) is 3.31. The molecule has 0 radical (unpaired) electrons. The first-order valence-electron chi connectivity index (χ1n) is 9.23. The molecule has 0 spiro atoms. The molecule has 2 aromatic rings. The van der Waals surface area contributed by atoms with Gasteiger partial charge >= 0.3 is 6.03 Å². The Hall–Kier alpha value is -2.69. The van der Waals surface area contributed by atoms with Gasteiger partial charge in [-0.1, -0.05) is 25.3 Å². The number of aryl methyl sites for hydroxylation is 1. The molecule has 1 saturated carbocycles. The molecule has 0 saturated heterocycles. The highest BCUT2D eigenvalue weighted by molar-refractivity contribution is 5.89. The van der Waals surface area contributed by atoms with Gasteiger partial charge in [0.2, 0.25) is 0 Å². The number of carbonyl (C=O) groups is 1. The van der Waals surface area contributed by atoms with E-state index in [4.69, 9.17) is 4.74 Å². The minimum absolute atomic E-state index is 0.127. The second-order valence-electron chi connectivity index (χ2n) is 6.84. The Morgan fingerprint density at radius 3 is 2.38 bits per heavy atom. The Morgan fingerprint density at radius 1 is 1.00 bits per heavy atom. The van der Waals surface area contributed by atoms with Crippen molar-refractivity contribution < 1.29 is 9.53 Å². The maximum absolute atomic E-state index is 12.1. The second-order valence-corrected chi connectivity index (χ2v) is 6.84. The molecule has 0 atom stereocenters. The van der Waals surface area contributed by atoms with Gasteiger partial charge in [-0.05, 0) is 61.7 Å². The first-order chi connectivity index (χ1) is 12.6. The molecule has 0 unspecified atom stereocenters. The lowest BCUT2D eigenvalue weighted by Crippen LogP contribution is -2.38. The lowest BCUT2D eigenvalue weighted by atomic mass is 9.96. The van der Waals surface area contributed by atoms with Crippen LogP contribution in [0.15, 0.2) is 42.5 Å². The van der Waals surface area contributed by atoms with Crippen LogP contribution in [0.1, 0.15) is 37.7 Å². The van der Waals surface area contributed by atoms with Crippen LogP contribution in [0, 0.1) is 6.92 Å². The second kappa shape index (κ2) is 8.61. The lowest BCUT2D eigenvalue weighted by molar-refractivity contribution is 0.244. The van der Waals surface area contributed by atoms with E-state index in [0.717, 1.165) is 41.2 Å². The molecule has 5 nitrogen and oxygen atoms in total. The number of urea groups is 1. The summed E-state index contributed by atoms with van der Waals surface area (Å²) in [6.07, 6.45) is 5.84. The Kier molecular flexibility index (Phi) is 6.00. The lowest BCUT2D eigenvalue weighted by Gasteiger charge is -2.22. The van der Waals surface area contributed by atoms with E-state index >= 15 is 0 Å². The van der Waals surface area contributed by atoms with Gasteiger partial charge in [0.15, 0.2) is 0 Å². The zero-order chi connectivity index (χ0) is 18.4. The van der Waals surface area contributed by atoms with Crippen LogP contribution in [-0.4, -0.2) is 19.2 Å². The van der Waals surface area contributed by atoms with Gasteiger partial charge < -0.3 is 20.7 Å². The Morgan fingerprint density at radius 2 is 1.69 bits per heavy atom. The summed E-state index contributed by atoms with van der Waals surface area (Å²) in [4.78, 5) is 12.1. The van der Waals surface area contributed by atoms with Crippen LogP contribution >= 0.6 is 0 Å². The normalized spacial score (nSPS) is 14.5. The predicted molar refractivity (Wildman–Crippen MR) is 106 cm³/mol. The zero-order valence-electron chi connectivity index (χ0n) is 15.5. The number of methoxy groups -OCH3 is 1. The van der Waals surface area contributed by atoms with E-state index in [1.165, 1.54) is 19.3 Å². The van der Waals surface area contributed by atoms with Gasteiger partial charge in [-0.15, -0.1) is 0 Å². The third-order valence-electron chi connectivity index (χ3n) is 4.72. The third-order valence-corrected chi connectivity index (χ3v) is 4.72. The van der Waals surface area contributed by atoms with Gasteiger partial charge in [-0.3, -0.25) is 0 Å². The molecule has 3 rings (SSSR count). The van der Waals surface area contributed by atoms with Crippen LogP contribution in [0.4, 0.5) is 21.9 Å². The van der Waals surface area contributed by atoms with Crippen molar-refractivity contribution in [2.24, 2.45) is 0 Å². The molecule has 5 heteroatoms.